The molecule has 5 nitrogen and oxygen atoms in total. The number of hydrogen-bond donors (Lipinski definition) is 1. The van der Waals surface area contributed by atoms with Gasteiger partial charge in [-0.05, 0) is 50.0 Å². The van der Waals surface area contributed by atoms with E-state index in [0.29, 0.717) is 22.1 Å². The Hall–Kier alpha value is -2.19. The maximum atomic E-state index is 12.4. The average Bonchev–Trinajstić information content (AvgIpc) is 2.68. The molecule has 1 unspecified atom stereocenters. The standard InChI is InChI=1S/C21H27ClN2O3/c1-4-14(2)27-20-18(22)11-15(12-19(20)26-3)10-16(13-23)21(25)24-17-8-6-5-7-9-17/h10-12,14,17H,4-9H2,1-3H3,(H,24,25). The number of hydrogen-bond acceptors (Lipinski definition) is 4. The van der Waals surface area contributed by atoms with Crippen molar-refractivity contribution in [1.29, 1.82) is 5.26 Å². The topological polar surface area (TPSA) is 71.3 Å². The van der Waals surface area contributed by atoms with E-state index in [1.807, 2.05) is 19.9 Å². The molecule has 1 aliphatic carbocycles. The second-order valence-corrected chi connectivity index (χ2v) is 7.26. The number of halogens is 1. The molecule has 0 bridgehead atoms. The monoisotopic (exact) mass is 390 g/mol. The number of nitrogens with zero attached hydrogens (tertiary/aromatic N) is 1. The van der Waals surface area contributed by atoms with E-state index < -0.39 is 0 Å². The highest BCUT2D eigenvalue weighted by molar-refractivity contribution is 6.32. The van der Waals surface area contributed by atoms with E-state index >= 15 is 0 Å². The summed E-state index contributed by atoms with van der Waals surface area (Å²) in [5.74, 6) is 0.592. The molecule has 1 fully saturated rings. The zero-order valence-corrected chi connectivity index (χ0v) is 16.9. The number of ether oxygens (including phenoxy) is 2. The Labute approximate surface area is 166 Å². The molecule has 0 aliphatic heterocycles. The smallest absolute Gasteiger partial charge is 0.262 e. The van der Waals surface area contributed by atoms with Gasteiger partial charge < -0.3 is 14.8 Å². The Kier molecular flexibility index (Phi) is 7.99. The van der Waals surface area contributed by atoms with Gasteiger partial charge in [0.05, 0.1) is 18.2 Å². The molecule has 0 aromatic heterocycles. The molecular weight excluding hydrogens is 364 g/mol. The Morgan fingerprint density at radius 2 is 2.11 bits per heavy atom. The van der Waals surface area contributed by atoms with Crippen LogP contribution in [0.25, 0.3) is 6.08 Å². The second-order valence-electron chi connectivity index (χ2n) is 6.85. The predicted octanol–water partition coefficient (Wildman–Crippen LogP) is 4.88. The summed E-state index contributed by atoms with van der Waals surface area (Å²) in [6, 6.07) is 5.52. The van der Waals surface area contributed by atoms with Gasteiger partial charge in [0.25, 0.3) is 5.91 Å². The van der Waals surface area contributed by atoms with Crippen LogP contribution in [-0.4, -0.2) is 25.2 Å². The van der Waals surface area contributed by atoms with E-state index in [0.717, 1.165) is 32.1 Å². The summed E-state index contributed by atoms with van der Waals surface area (Å²) >= 11 is 6.36. The minimum Gasteiger partial charge on any atom is -0.493 e. The summed E-state index contributed by atoms with van der Waals surface area (Å²) in [7, 11) is 1.53. The van der Waals surface area contributed by atoms with Crippen LogP contribution in [0.3, 0.4) is 0 Å². The zero-order chi connectivity index (χ0) is 19.8. The van der Waals surface area contributed by atoms with Gasteiger partial charge in [-0.3, -0.25) is 4.79 Å². The highest BCUT2D eigenvalue weighted by Crippen LogP contribution is 2.38. The number of carbonyl (C=O) groups excluding carboxylic acids is 1. The van der Waals surface area contributed by atoms with Crippen molar-refractivity contribution in [2.75, 3.05) is 7.11 Å². The van der Waals surface area contributed by atoms with Crippen LogP contribution >= 0.6 is 11.6 Å². The lowest BCUT2D eigenvalue weighted by atomic mass is 9.95. The van der Waals surface area contributed by atoms with Gasteiger partial charge in [-0.25, -0.2) is 0 Å². The van der Waals surface area contributed by atoms with Gasteiger partial charge in [-0.1, -0.05) is 37.8 Å². The van der Waals surface area contributed by atoms with E-state index in [1.165, 1.54) is 19.6 Å². The Balaban J connectivity index is 2.23. The average molecular weight is 391 g/mol. The van der Waals surface area contributed by atoms with E-state index in [-0.39, 0.29) is 23.6 Å². The van der Waals surface area contributed by atoms with Gasteiger partial charge in [0.15, 0.2) is 11.5 Å². The number of carbonyl (C=O) groups is 1. The first-order valence-corrected chi connectivity index (χ1v) is 9.83. The van der Waals surface area contributed by atoms with Crippen LogP contribution in [0.2, 0.25) is 5.02 Å². The Morgan fingerprint density at radius 1 is 1.41 bits per heavy atom. The van der Waals surface area contributed by atoms with Crippen LogP contribution in [0.15, 0.2) is 17.7 Å². The molecule has 1 amide bonds. The molecule has 1 aromatic carbocycles. The highest BCUT2D eigenvalue weighted by Gasteiger charge is 2.19. The molecule has 27 heavy (non-hydrogen) atoms. The van der Waals surface area contributed by atoms with E-state index in [2.05, 4.69) is 5.32 Å². The first-order valence-electron chi connectivity index (χ1n) is 9.45. The van der Waals surface area contributed by atoms with Crippen molar-refractivity contribution in [2.45, 2.75) is 64.5 Å². The molecule has 0 saturated heterocycles. The lowest BCUT2D eigenvalue weighted by Crippen LogP contribution is -2.36. The fourth-order valence-electron chi connectivity index (χ4n) is 3.05. The van der Waals surface area contributed by atoms with Gasteiger partial charge in [-0.15, -0.1) is 0 Å². The summed E-state index contributed by atoms with van der Waals surface area (Å²) in [5, 5.41) is 12.8. The van der Waals surface area contributed by atoms with Crippen molar-refractivity contribution in [3.63, 3.8) is 0 Å². The molecule has 1 saturated carbocycles. The Bertz CT molecular complexity index is 734. The SMILES string of the molecule is CCC(C)Oc1c(Cl)cc(C=C(C#N)C(=O)NC2CCCCC2)cc1OC. The molecule has 1 N–H and O–H groups in total. The fraction of sp³-hybridized carbons (Fsp3) is 0.524. The van der Waals surface area contributed by atoms with Gasteiger partial charge in [-0.2, -0.15) is 5.26 Å². The van der Waals surface area contributed by atoms with E-state index in [1.54, 1.807) is 12.1 Å². The van der Waals surface area contributed by atoms with Gasteiger partial charge in [0, 0.05) is 6.04 Å². The Morgan fingerprint density at radius 3 is 2.70 bits per heavy atom. The fourth-order valence-corrected chi connectivity index (χ4v) is 3.31. The van der Waals surface area contributed by atoms with Gasteiger partial charge in [0.1, 0.15) is 11.6 Å². The maximum absolute atomic E-state index is 12.4. The van der Waals surface area contributed by atoms with E-state index in [4.69, 9.17) is 21.1 Å². The van der Waals surface area contributed by atoms with Crippen molar-refractivity contribution in [3.05, 3.63) is 28.3 Å². The van der Waals surface area contributed by atoms with Crippen molar-refractivity contribution >= 4 is 23.6 Å². The summed E-state index contributed by atoms with van der Waals surface area (Å²) in [4.78, 5) is 12.4. The first kappa shape index (κ1) is 21.1. The number of nitriles is 1. The molecule has 0 spiro atoms. The molecule has 1 aromatic rings. The molecule has 146 valence electrons. The largest absolute Gasteiger partial charge is 0.493 e. The predicted molar refractivity (Wildman–Crippen MR) is 107 cm³/mol. The summed E-state index contributed by atoms with van der Waals surface area (Å²) in [6.45, 7) is 3.97. The van der Waals surface area contributed by atoms with E-state index in [9.17, 15) is 10.1 Å². The summed E-state index contributed by atoms with van der Waals surface area (Å²) < 4.78 is 11.2. The minimum atomic E-state index is -0.348. The molecule has 1 atom stereocenters. The third kappa shape index (κ3) is 5.90. The molecule has 2 rings (SSSR count). The van der Waals surface area contributed by atoms with Crippen LogP contribution in [0, 0.1) is 11.3 Å². The first-order chi connectivity index (χ1) is 13.0. The molecule has 0 heterocycles. The summed E-state index contributed by atoms with van der Waals surface area (Å²) in [5.41, 5.74) is 0.665. The maximum Gasteiger partial charge on any atom is 0.262 e. The van der Waals surface area contributed by atoms with Crippen LogP contribution < -0.4 is 14.8 Å². The molecular formula is C21H27ClN2O3. The lowest BCUT2D eigenvalue weighted by molar-refractivity contribution is -0.117. The third-order valence-electron chi connectivity index (χ3n) is 4.76. The van der Waals surface area contributed by atoms with Crippen LogP contribution in [0.1, 0.15) is 57.9 Å². The number of methoxy groups -OCH3 is 1. The normalized spacial score (nSPS) is 16.3. The number of benzene rings is 1. The molecule has 0 radical (unpaired) electrons. The van der Waals surface area contributed by atoms with Crippen LogP contribution in [0.4, 0.5) is 0 Å². The number of amides is 1. The van der Waals surface area contributed by atoms with Crippen LogP contribution in [0.5, 0.6) is 11.5 Å². The van der Waals surface area contributed by atoms with Gasteiger partial charge >= 0.3 is 0 Å². The van der Waals surface area contributed by atoms with Crippen molar-refractivity contribution in [1.82, 2.24) is 5.32 Å². The highest BCUT2D eigenvalue weighted by atomic mass is 35.5. The van der Waals surface area contributed by atoms with Crippen molar-refractivity contribution in [3.8, 4) is 17.6 Å². The van der Waals surface area contributed by atoms with Crippen LogP contribution in [-0.2, 0) is 4.79 Å². The van der Waals surface area contributed by atoms with Crippen molar-refractivity contribution in [2.24, 2.45) is 0 Å². The van der Waals surface area contributed by atoms with Crippen molar-refractivity contribution < 1.29 is 14.3 Å². The quantitative estimate of drug-likeness (QED) is 0.532. The van der Waals surface area contributed by atoms with Gasteiger partial charge in [0.2, 0.25) is 0 Å². The number of nitrogens with one attached hydrogen (secondary N) is 1. The third-order valence-corrected chi connectivity index (χ3v) is 5.04. The molecule has 6 heteroatoms. The second kappa shape index (κ2) is 10.2. The number of rotatable bonds is 7. The molecule has 1 aliphatic rings. The minimum absolute atomic E-state index is 0.00580. The summed E-state index contributed by atoms with van der Waals surface area (Å²) in [6.07, 6.45) is 7.71. The zero-order valence-electron chi connectivity index (χ0n) is 16.2. The lowest BCUT2D eigenvalue weighted by Gasteiger charge is -2.22.